The zero-order chi connectivity index (χ0) is 23.3. The molecule has 32 heavy (non-hydrogen) atoms. The summed E-state index contributed by atoms with van der Waals surface area (Å²) in [6, 6.07) is 0. The van der Waals surface area contributed by atoms with Crippen LogP contribution in [0.25, 0.3) is 0 Å². The number of esters is 4. The van der Waals surface area contributed by atoms with E-state index < -0.39 is 23.9 Å². The molecule has 1 aliphatic heterocycles. The van der Waals surface area contributed by atoms with Crippen LogP contribution >= 0.6 is 0 Å². The van der Waals surface area contributed by atoms with Gasteiger partial charge < -0.3 is 18.9 Å². The summed E-state index contributed by atoms with van der Waals surface area (Å²) in [6.07, 6.45) is 12.5. The average molecular weight is 457 g/mol. The summed E-state index contributed by atoms with van der Waals surface area (Å²) >= 11 is 0. The van der Waals surface area contributed by atoms with Gasteiger partial charge in [0.25, 0.3) is 0 Å². The molecule has 8 nitrogen and oxygen atoms in total. The first-order chi connectivity index (χ1) is 15.6. The standard InChI is InChI=1S/C24H40O8/c25-21-19-23(27)31-17-13-9-5-2-6-10-14-18-32-24(28)20-22(26)30-16-12-8-4-1-3-7-11-15-29-21/h1-20H2. The van der Waals surface area contributed by atoms with Gasteiger partial charge in [0.15, 0.2) is 0 Å². The van der Waals surface area contributed by atoms with Gasteiger partial charge in [-0.15, -0.1) is 0 Å². The number of hydrogen-bond acceptors (Lipinski definition) is 8. The number of carbonyl (C=O) groups excluding carboxylic acids is 4. The molecule has 1 heterocycles. The molecular formula is C24H40O8. The van der Waals surface area contributed by atoms with Crippen molar-refractivity contribution in [2.24, 2.45) is 0 Å². The lowest BCUT2D eigenvalue weighted by Crippen LogP contribution is -2.15. The smallest absolute Gasteiger partial charge is 0.317 e. The molecule has 1 saturated heterocycles. The highest BCUT2D eigenvalue weighted by Crippen LogP contribution is 2.10. The zero-order valence-electron chi connectivity index (χ0n) is 19.4. The van der Waals surface area contributed by atoms with E-state index in [-0.39, 0.29) is 12.8 Å². The second-order valence-corrected chi connectivity index (χ2v) is 8.19. The first-order valence-electron chi connectivity index (χ1n) is 12.2. The number of carbonyl (C=O) groups is 4. The molecule has 0 aromatic rings. The van der Waals surface area contributed by atoms with E-state index in [1.165, 1.54) is 0 Å². The molecule has 0 saturated carbocycles. The Kier molecular flexibility index (Phi) is 17.1. The van der Waals surface area contributed by atoms with Gasteiger partial charge in [-0.1, -0.05) is 64.2 Å². The van der Waals surface area contributed by atoms with Crippen molar-refractivity contribution in [3.63, 3.8) is 0 Å². The van der Waals surface area contributed by atoms with Crippen LogP contribution < -0.4 is 0 Å². The highest BCUT2D eigenvalue weighted by Gasteiger charge is 2.13. The van der Waals surface area contributed by atoms with Crippen LogP contribution in [0.2, 0.25) is 0 Å². The minimum Gasteiger partial charge on any atom is -0.465 e. The summed E-state index contributed by atoms with van der Waals surface area (Å²) in [7, 11) is 0. The van der Waals surface area contributed by atoms with Crippen LogP contribution in [0.1, 0.15) is 103 Å². The van der Waals surface area contributed by atoms with Crippen LogP contribution in [-0.4, -0.2) is 50.3 Å². The van der Waals surface area contributed by atoms with Crippen LogP contribution in [0.5, 0.6) is 0 Å². The van der Waals surface area contributed by atoms with Crippen molar-refractivity contribution >= 4 is 23.9 Å². The number of ether oxygens (including phenoxy) is 4. The SMILES string of the molecule is O=C1CC(=O)OCCCCCCCCCOC(=O)CC(=O)OCCCCCCCCCO1. The van der Waals surface area contributed by atoms with E-state index in [2.05, 4.69) is 0 Å². The molecule has 0 aromatic carbocycles. The van der Waals surface area contributed by atoms with Crippen molar-refractivity contribution in [3.8, 4) is 0 Å². The second-order valence-electron chi connectivity index (χ2n) is 8.19. The van der Waals surface area contributed by atoms with Gasteiger partial charge in [-0.05, 0) is 25.7 Å². The molecule has 0 atom stereocenters. The van der Waals surface area contributed by atoms with Crippen LogP contribution in [0.3, 0.4) is 0 Å². The van der Waals surface area contributed by atoms with E-state index in [1.807, 2.05) is 0 Å². The number of rotatable bonds is 0. The fourth-order valence-corrected chi connectivity index (χ4v) is 3.36. The Morgan fingerprint density at radius 1 is 0.312 bits per heavy atom. The first-order valence-corrected chi connectivity index (χ1v) is 12.2. The van der Waals surface area contributed by atoms with Crippen molar-refractivity contribution in [2.45, 2.75) is 103 Å². The fourth-order valence-electron chi connectivity index (χ4n) is 3.36. The van der Waals surface area contributed by atoms with Crippen LogP contribution in [0.4, 0.5) is 0 Å². The van der Waals surface area contributed by atoms with Gasteiger partial charge >= 0.3 is 23.9 Å². The van der Waals surface area contributed by atoms with E-state index in [0.717, 1.165) is 89.9 Å². The van der Waals surface area contributed by atoms with E-state index >= 15 is 0 Å². The minimum absolute atomic E-state index is 0.324. The maximum atomic E-state index is 11.7. The molecule has 1 aliphatic rings. The lowest BCUT2D eigenvalue weighted by molar-refractivity contribution is -0.156. The number of hydrogen-bond donors (Lipinski definition) is 0. The highest BCUT2D eigenvalue weighted by atomic mass is 16.6. The Bertz CT molecular complexity index is 454. The summed E-state index contributed by atoms with van der Waals surface area (Å²) in [5.74, 6) is -2.10. The van der Waals surface area contributed by atoms with Crippen molar-refractivity contribution in [1.82, 2.24) is 0 Å². The minimum atomic E-state index is -0.525. The Balaban J connectivity index is 2.26. The molecule has 0 bridgehead atoms. The van der Waals surface area contributed by atoms with Gasteiger partial charge in [0, 0.05) is 0 Å². The monoisotopic (exact) mass is 456 g/mol. The van der Waals surface area contributed by atoms with Gasteiger partial charge in [0.2, 0.25) is 0 Å². The average Bonchev–Trinajstić information content (AvgIpc) is 2.75. The highest BCUT2D eigenvalue weighted by molar-refractivity contribution is 5.91. The first kappa shape index (κ1) is 27.9. The van der Waals surface area contributed by atoms with Crippen molar-refractivity contribution in [2.75, 3.05) is 26.4 Å². The Hall–Kier alpha value is -2.12. The normalized spacial score (nSPS) is 21.8. The van der Waals surface area contributed by atoms with E-state index in [1.54, 1.807) is 0 Å². The lowest BCUT2D eigenvalue weighted by atomic mass is 10.1. The van der Waals surface area contributed by atoms with E-state index in [4.69, 9.17) is 18.9 Å². The predicted molar refractivity (Wildman–Crippen MR) is 118 cm³/mol. The van der Waals surface area contributed by atoms with Crippen molar-refractivity contribution in [1.29, 1.82) is 0 Å². The van der Waals surface area contributed by atoms with Crippen molar-refractivity contribution in [3.05, 3.63) is 0 Å². The molecular weight excluding hydrogens is 416 g/mol. The molecule has 184 valence electrons. The molecule has 0 N–H and O–H groups in total. The quantitative estimate of drug-likeness (QED) is 0.300. The molecule has 1 fully saturated rings. The molecule has 0 spiro atoms. The van der Waals surface area contributed by atoms with Crippen LogP contribution in [0, 0.1) is 0 Å². The van der Waals surface area contributed by atoms with Crippen molar-refractivity contribution < 1.29 is 38.1 Å². The van der Waals surface area contributed by atoms with Gasteiger partial charge in [-0.25, -0.2) is 0 Å². The van der Waals surface area contributed by atoms with E-state index in [0.29, 0.717) is 26.4 Å². The van der Waals surface area contributed by atoms with Gasteiger partial charge in [-0.2, -0.15) is 0 Å². The molecule has 0 aromatic heterocycles. The third kappa shape index (κ3) is 17.5. The molecule has 0 unspecified atom stereocenters. The Labute approximate surface area is 191 Å². The molecule has 1 rings (SSSR count). The number of cyclic esters (lactones) is 4. The Morgan fingerprint density at radius 3 is 0.719 bits per heavy atom. The summed E-state index contributed by atoms with van der Waals surface area (Å²) in [5.41, 5.74) is 0. The van der Waals surface area contributed by atoms with Gasteiger partial charge in [-0.3, -0.25) is 19.2 Å². The molecule has 0 aliphatic carbocycles. The maximum Gasteiger partial charge on any atom is 0.317 e. The van der Waals surface area contributed by atoms with Gasteiger partial charge in [0.1, 0.15) is 12.8 Å². The second kappa shape index (κ2) is 19.6. The summed E-state index contributed by atoms with van der Waals surface area (Å²) in [5, 5.41) is 0. The third-order valence-corrected chi connectivity index (χ3v) is 5.21. The summed E-state index contributed by atoms with van der Waals surface area (Å²) < 4.78 is 20.4. The van der Waals surface area contributed by atoms with Crippen LogP contribution in [-0.2, 0) is 38.1 Å². The molecule has 8 heteroatoms. The van der Waals surface area contributed by atoms with Crippen LogP contribution in [0.15, 0.2) is 0 Å². The third-order valence-electron chi connectivity index (χ3n) is 5.21. The Morgan fingerprint density at radius 2 is 0.500 bits per heavy atom. The van der Waals surface area contributed by atoms with E-state index in [9.17, 15) is 19.2 Å². The summed E-state index contributed by atoms with van der Waals surface area (Å²) in [4.78, 5) is 46.6. The largest absolute Gasteiger partial charge is 0.465 e. The predicted octanol–water partition coefficient (Wildman–Crippen LogP) is 4.41. The maximum absolute atomic E-state index is 11.7. The fraction of sp³-hybridized carbons (Fsp3) is 0.833. The zero-order valence-corrected chi connectivity index (χ0v) is 19.4. The summed E-state index contributed by atoms with van der Waals surface area (Å²) in [6.45, 7) is 1.30. The topological polar surface area (TPSA) is 105 Å². The van der Waals surface area contributed by atoms with Gasteiger partial charge in [0.05, 0.1) is 26.4 Å². The molecule has 0 amide bonds. The molecule has 0 radical (unpaired) electrons. The lowest BCUT2D eigenvalue weighted by Gasteiger charge is -2.07.